The van der Waals surface area contributed by atoms with E-state index >= 15 is 0 Å². The smallest absolute Gasteiger partial charge is 0.183 e. The molecule has 1 N–H and O–H groups in total. The number of ether oxygens (including phenoxy) is 3. The molecular weight excluding hydrogens is 272 g/mol. The molecule has 118 valence electrons. The van der Waals surface area contributed by atoms with Gasteiger partial charge in [-0.25, -0.2) is 0 Å². The summed E-state index contributed by atoms with van der Waals surface area (Å²) >= 11 is 0. The van der Waals surface area contributed by atoms with Crippen molar-refractivity contribution in [3.05, 3.63) is 18.0 Å². The molecule has 1 aromatic rings. The van der Waals surface area contributed by atoms with E-state index in [2.05, 4.69) is 9.88 Å². The van der Waals surface area contributed by atoms with Gasteiger partial charge in [0, 0.05) is 31.9 Å². The van der Waals surface area contributed by atoms with Crippen molar-refractivity contribution in [3.63, 3.8) is 0 Å². The van der Waals surface area contributed by atoms with Crippen molar-refractivity contribution in [1.29, 1.82) is 0 Å². The zero-order valence-corrected chi connectivity index (χ0v) is 13.1. The van der Waals surface area contributed by atoms with Crippen LogP contribution in [0.1, 0.15) is 19.5 Å². The molecule has 0 radical (unpaired) electrons. The van der Waals surface area contributed by atoms with Crippen molar-refractivity contribution in [1.82, 2.24) is 9.88 Å². The Kier molecular flexibility index (Phi) is 5.03. The Morgan fingerprint density at radius 2 is 2.19 bits per heavy atom. The Balaban J connectivity index is 2.17. The number of methoxy groups -OCH3 is 2. The van der Waals surface area contributed by atoms with E-state index in [4.69, 9.17) is 14.2 Å². The number of rotatable bonds is 5. The van der Waals surface area contributed by atoms with Gasteiger partial charge in [0.1, 0.15) is 5.69 Å². The van der Waals surface area contributed by atoms with E-state index in [1.807, 2.05) is 13.8 Å². The lowest BCUT2D eigenvalue weighted by atomic mass is 10.0. The fraction of sp³-hybridized carbons (Fsp3) is 0.667. The number of pyridine rings is 1. The molecule has 2 heterocycles. The van der Waals surface area contributed by atoms with Crippen LogP contribution in [0.3, 0.4) is 0 Å². The molecule has 0 aliphatic carbocycles. The molecule has 6 heteroatoms. The van der Waals surface area contributed by atoms with Gasteiger partial charge in [-0.1, -0.05) is 0 Å². The summed E-state index contributed by atoms with van der Waals surface area (Å²) in [6.45, 7) is 6.13. The van der Waals surface area contributed by atoms with Gasteiger partial charge in [-0.05, 0) is 13.8 Å². The summed E-state index contributed by atoms with van der Waals surface area (Å²) in [6.07, 6.45) is 1.54. The molecule has 0 bridgehead atoms. The highest BCUT2D eigenvalue weighted by Gasteiger charge is 2.33. The predicted molar refractivity (Wildman–Crippen MR) is 78.7 cm³/mol. The van der Waals surface area contributed by atoms with E-state index in [1.165, 1.54) is 0 Å². The minimum atomic E-state index is -0.294. The summed E-state index contributed by atoms with van der Waals surface area (Å²) < 4.78 is 16.5. The summed E-state index contributed by atoms with van der Waals surface area (Å²) in [4.78, 5) is 6.62. The van der Waals surface area contributed by atoms with Gasteiger partial charge >= 0.3 is 0 Å². The molecule has 1 aliphatic rings. The number of aliphatic hydroxyl groups excluding tert-OH is 1. The first-order chi connectivity index (χ1) is 9.99. The Labute approximate surface area is 125 Å². The number of morpholine rings is 1. The molecule has 21 heavy (non-hydrogen) atoms. The molecule has 0 aromatic carbocycles. The topological polar surface area (TPSA) is 64.1 Å². The lowest BCUT2D eigenvalue weighted by Gasteiger charge is -2.42. The standard InChI is InChI=1S/C15H24N2O4/c1-15(2)10-17(7-11(9-18)21-15)8-12-14(20-4)13(19-3)5-6-16-12/h5-6,11,18H,7-10H2,1-4H3. The van der Waals surface area contributed by atoms with E-state index in [0.717, 1.165) is 12.2 Å². The summed E-state index contributed by atoms with van der Waals surface area (Å²) in [5.41, 5.74) is 0.531. The number of hydrogen-bond donors (Lipinski definition) is 1. The van der Waals surface area contributed by atoms with Crippen LogP contribution in [-0.4, -0.2) is 60.6 Å². The molecule has 0 spiro atoms. The highest BCUT2D eigenvalue weighted by molar-refractivity contribution is 5.42. The van der Waals surface area contributed by atoms with Crippen LogP contribution in [0.5, 0.6) is 11.5 Å². The molecule has 0 amide bonds. The minimum absolute atomic E-state index is 0.0165. The molecule has 1 fully saturated rings. The predicted octanol–water partition coefficient (Wildman–Crippen LogP) is 1.07. The molecule has 1 aromatic heterocycles. The Hall–Kier alpha value is -1.37. The average molecular weight is 296 g/mol. The SMILES string of the molecule is COc1ccnc(CN2CC(CO)OC(C)(C)C2)c1OC. The first-order valence-electron chi connectivity index (χ1n) is 7.06. The maximum atomic E-state index is 9.38. The molecule has 0 saturated carbocycles. The quantitative estimate of drug-likeness (QED) is 0.877. The van der Waals surface area contributed by atoms with E-state index < -0.39 is 0 Å². The van der Waals surface area contributed by atoms with Gasteiger partial charge in [-0.3, -0.25) is 9.88 Å². The minimum Gasteiger partial charge on any atom is -0.493 e. The third-order valence-electron chi connectivity index (χ3n) is 3.50. The fourth-order valence-corrected chi connectivity index (χ4v) is 2.81. The van der Waals surface area contributed by atoms with Crippen molar-refractivity contribution in [2.45, 2.75) is 32.1 Å². The van der Waals surface area contributed by atoms with Gasteiger partial charge in [0.15, 0.2) is 11.5 Å². The van der Waals surface area contributed by atoms with Crippen LogP contribution in [0, 0.1) is 0 Å². The van der Waals surface area contributed by atoms with E-state index in [0.29, 0.717) is 24.6 Å². The van der Waals surface area contributed by atoms with Crippen molar-refractivity contribution in [3.8, 4) is 11.5 Å². The van der Waals surface area contributed by atoms with Crippen molar-refractivity contribution < 1.29 is 19.3 Å². The summed E-state index contributed by atoms with van der Waals surface area (Å²) in [5.74, 6) is 1.33. The second-order valence-electron chi connectivity index (χ2n) is 5.84. The molecule has 1 saturated heterocycles. The van der Waals surface area contributed by atoms with Gasteiger partial charge in [-0.2, -0.15) is 0 Å². The second-order valence-corrected chi connectivity index (χ2v) is 5.84. The number of aromatic nitrogens is 1. The highest BCUT2D eigenvalue weighted by Crippen LogP contribution is 2.31. The van der Waals surface area contributed by atoms with E-state index in [-0.39, 0.29) is 18.3 Å². The molecule has 6 nitrogen and oxygen atoms in total. The Morgan fingerprint density at radius 1 is 1.43 bits per heavy atom. The summed E-state index contributed by atoms with van der Waals surface area (Å²) in [7, 11) is 3.23. The maximum absolute atomic E-state index is 9.38. The van der Waals surface area contributed by atoms with Gasteiger partial charge in [0.2, 0.25) is 0 Å². The maximum Gasteiger partial charge on any atom is 0.183 e. The Morgan fingerprint density at radius 3 is 2.81 bits per heavy atom. The fourth-order valence-electron chi connectivity index (χ4n) is 2.81. The third-order valence-corrected chi connectivity index (χ3v) is 3.50. The van der Waals surface area contributed by atoms with Gasteiger partial charge in [-0.15, -0.1) is 0 Å². The molecule has 2 rings (SSSR count). The molecule has 1 atom stereocenters. The monoisotopic (exact) mass is 296 g/mol. The third kappa shape index (κ3) is 3.84. The van der Waals surface area contributed by atoms with Crippen LogP contribution in [0.4, 0.5) is 0 Å². The van der Waals surface area contributed by atoms with Crippen LogP contribution in [0.15, 0.2) is 12.3 Å². The highest BCUT2D eigenvalue weighted by atomic mass is 16.5. The zero-order valence-electron chi connectivity index (χ0n) is 13.1. The van der Waals surface area contributed by atoms with E-state index in [1.54, 1.807) is 26.5 Å². The van der Waals surface area contributed by atoms with Crippen LogP contribution in [0.2, 0.25) is 0 Å². The number of nitrogens with zero attached hydrogens (tertiary/aromatic N) is 2. The normalized spacial score (nSPS) is 22.0. The lowest BCUT2D eigenvalue weighted by Crippen LogP contribution is -2.53. The van der Waals surface area contributed by atoms with Crippen LogP contribution in [-0.2, 0) is 11.3 Å². The molecule has 1 aliphatic heterocycles. The lowest BCUT2D eigenvalue weighted by molar-refractivity contribution is -0.150. The van der Waals surface area contributed by atoms with Gasteiger partial charge < -0.3 is 19.3 Å². The largest absolute Gasteiger partial charge is 0.493 e. The van der Waals surface area contributed by atoms with Gasteiger partial charge in [0.05, 0.1) is 32.5 Å². The van der Waals surface area contributed by atoms with Crippen LogP contribution in [0.25, 0.3) is 0 Å². The first kappa shape index (κ1) is 16.0. The molecule has 1 unspecified atom stereocenters. The van der Waals surface area contributed by atoms with Gasteiger partial charge in [0.25, 0.3) is 0 Å². The van der Waals surface area contributed by atoms with Crippen LogP contribution >= 0.6 is 0 Å². The number of aliphatic hydroxyl groups is 1. The van der Waals surface area contributed by atoms with Crippen molar-refractivity contribution in [2.24, 2.45) is 0 Å². The molecular formula is C15H24N2O4. The number of hydrogen-bond acceptors (Lipinski definition) is 6. The van der Waals surface area contributed by atoms with Crippen molar-refractivity contribution in [2.75, 3.05) is 33.9 Å². The second kappa shape index (κ2) is 6.60. The van der Waals surface area contributed by atoms with Crippen LogP contribution < -0.4 is 9.47 Å². The summed E-state index contributed by atoms with van der Waals surface area (Å²) in [6, 6.07) is 1.78. The Bertz CT molecular complexity index is 479. The van der Waals surface area contributed by atoms with E-state index in [9.17, 15) is 5.11 Å². The first-order valence-corrected chi connectivity index (χ1v) is 7.06. The average Bonchev–Trinajstić information content (AvgIpc) is 2.45. The van der Waals surface area contributed by atoms with Crippen molar-refractivity contribution >= 4 is 0 Å². The zero-order chi connectivity index (χ0) is 15.5. The summed E-state index contributed by atoms with van der Waals surface area (Å²) in [5, 5.41) is 9.38.